The van der Waals surface area contributed by atoms with Crippen molar-refractivity contribution in [2.45, 2.75) is 40.2 Å². The Balaban J connectivity index is 3.89. The molecule has 4 nitrogen and oxygen atoms in total. The molecular weight excluding hydrogens is 206 g/mol. The summed E-state index contributed by atoms with van der Waals surface area (Å²) in [6.45, 7) is 11.7. The van der Waals surface area contributed by atoms with Crippen LogP contribution < -0.4 is 0 Å². The highest BCUT2D eigenvalue weighted by atomic mass is 16.5. The van der Waals surface area contributed by atoms with Crippen LogP contribution in [-0.4, -0.2) is 49.8 Å². The summed E-state index contributed by atoms with van der Waals surface area (Å²) in [4.78, 5) is 13.6. The Morgan fingerprint density at radius 3 is 2.44 bits per heavy atom. The predicted octanol–water partition coefficient (Wildman–Crippen LogP) is 1.69. The second-order valence-electron chi connectivity index (χ2n) is 3.68. The highest BCUT2D eigenvalue weighted by molar-refractivity contribution is 5.70. The lowest BCUT2D eigenvalue weighted by atomic mass is 10.2. The summed E-state index contributed by atoms with van der Waals surface area (Å²) < 4.78 is 10.2. The van der Waals surface area contributed by atoms with E-state index < -0.39 is 0 Å². The quantitative estimate of drug-likeness (QED) is 0.447. The number of esters is 1. The molecule has 0 saturated heterocycles. The van der Waals surface area contributed by atoms with Crippen LogP contribution in [0.15, 0.2) is 0 Å². The lowest BCUT2D eigenvalue weighted by Gasteiger charge is -2.26. The van der Waals surface area contributed by atoms with Crippen LogP contribution in [0.25, 0.3) is 0 Å². The molecule has 0 bridgehead atoms. The average molecular weight is 231 g/mol. The van der Waals surface area contributed by atoms with E-state index in [4.69, 9.17) is 9.47 Å². The maximum atomic E-state index is 11.3. The second kappa shape index (κ2) is 9.60. The summed E-state index contributed by atoms with van der Waals surface area (Å²) in [5.74, 6) is -0.121. The van der Waals surface area contributed by atoms with Crippen molar-refractivity contribution >= 4 is 5.97 Å². The smallest absolute Gasteiger partial charge is 0.307 e. The molecule has 16 heavy (non-hydrogen) atoms. The molecule has 0 saturated carbocycles. The molecule has 4 heteroatoms. The molecule has 1 unspecified atom stereocenters. The minimum Gasteiger partial charge on any atom is -0.466 e. The largest absolute Gasteiger partial charge is 0.466 e. The second-order valence-corrected chi connectivity index (χ2v) is 3.68. The number of rotatable bonds is 9. The molecule has 96 valence electrons. The zero-order valence-corrected chi connectivity index (χ0v) is 11.0. The van der Waals surface area contributed by atoms with Gasteiger partial charge in [0, 0.05) is 19.2 Å². The zero-order valence-electron chi connectivity index (χ0n) is 11.0. The SMILES string of the molecule is CCOCCN(CC)C(C)CC(=O)OCC. The Hall–Kier alpha value is -0.610. The van der Waals surface area contributed by atoms with Crippen molar-refractivity contribution in [3.63, 3.8) is 0 Å². The van der Waals surface area contributed by atoms with E-state index in [9.17, 15) is 4.79 Å². The Morgan fingerprint density at radius 2 is 1.94 bits per heavy atom. The van der Waals surface area contributed by atoms with Gasteiger partial charge >= 0.3 is 5.97 Å². The Labute approximate surface area is 98.9 Å². The predicted molar refractivity (Wildman–Crippen MR) is 64.5 cm³/mol. The van der Waals surface area contributed by atoms with Crippen molar-refractivity contribution < 1.29 is 14.3 Å². The van der Waals surface area contributed by atoms with Gasteiger partial charge in [-0.25, -0.2) is 0 Å². The Bertz CT molecular complexity index is 185. The van der Waals surface area contributed by atoms with E-state index in [-0.39, 0.29) is 12.0 Å². The molecular formula is C12H25NO3. The third kappa shape index (κ3) is 6.80. The van der Waals surface area contributed by atoms with Crippen LogP contribution >= 0.6 is 0 Å². The van der Waals surface area contributed by atoms with Crippen molar-refractivity contribution in [1.29, 1.82) is 0 Å². The van der Waals surface area contributed by atoms with Gasteiger partial charge in [-0.15, -0.1) is 0 Å². The summed E-state index contributed by atoms with van der Waals surface area (Å²) in [5, 5.41) is 0. The van der Waals surface area contributed by atoms with Crippen molar-refractivity contribution in [1.82, 2.24) is 4.90 Å². The first kappa shape index (κ1) is 15.4. The van der Waals surface area contributed by atoms with Gasteiger partial charge in [0.1, 0.15) is 0 Å². The molecule has 0 aromatic carbocycles. The molecule has 0 aromatic heterocycles. The van der Waals surface area contributed by atoms with Crippen LogP contribution in [-0.2, 0) is 14.3 Å². The number of carbonyl (C=O) groups is 1. The fraction of sp³-hybridized carbons (Fsp3) is 0.917. The molecule has 0 aliphatic heterocycles. The fourth-order valence-corrected chi connectivity index (χ4v) is 1.61. The molecule has 1 atom stereocenters. The molecule has 0 radical (unpaired) electrons. The molecule has 0 spiro atoms. The van der Waals surface area contributed by atoms with E-state index in [1.807, 2.05) is 20.8 Å². The van der Waals surface area contributed by atoms with E-state index in [0.717, 1.165) is 26.3 Å². The van der Waals surface area contributed by atoms with E-state index in [1.165, 1.54) is 0 Å². The van der Waals surface area contributed by atoms with Crippen molar-refractivity contribution in [3.8, 4) is 0 Å². The van der Waals surface area contributed by atoms with Gasteiger partial charge in [-0.05, 0) is 27.3 Å². The molecule has 0 amide bonds. The number of nitrogens with zero attached hydrogens (tertiary/aromatic N) is 1. The third-order valence-corrected chi connectivity index (χ3v) is 2.52. The molecule has 0 fully saturated rings. The normalized spacial score (nSPS) is 12.8. The summed E-state index contributed by atoms with van der Waals surface area (Å²) in [5.41, 5.74) is 0. The van der Waals surface area contributed by atoms with Crippen LogP contribution in [0.3, 0.4) is 0 Å². The molecule has 0 N–H and O–H groups in total. The zero-order chi connectivity index (χ0) is 12.4. The fourth-order valence-electron chi connectivity index (χ4n) is 1.61. The van der Waals surface area contributed by atoms with Crippen LogP contribution in [0.4, 0.5) is 0 Å². The van der Waals surface area contributed by atoms with Gasteiger partial charge in [-0.3, -0.25) is 9.69 Å². The van der Waals surface area contributed by atoms with Crippen molar-refractivity contribution in [3.05, 3.63) is 0 Å². The summed E-state index contributed by atoms with van der Waals surface area (Å²) in [7, 11) is 0. The van der Waals surface area contributed by atoms with Gasteiger partial charge in [-0.1, -0.05) is 6.92 Å². The number of ether oxygens (including phenoxy) is 2. The van der Waals surface area contributed by atoms with Gasteiger partial charge < -0.3 is 9.47 Å². The van der Waals surface area contributed by atoms with Crippen LogP contribution in [0.2, 0.25) is 0 Å². The van der Waals surface area contributed by atoms with Gasteiger partial charge in [0.25, 0.3) is 0 Å². The third-order valence-electron chi connectivity index (χ3n) is 2.52. The maximum Gasteiger partial charge on any atom is 0.307 e. The van der Waals surface area contributed by atoms with Crippen LogP contribution in [0, 0.1) is 0 Å². The van der Waals surface area contributed by atoms with E-state index in [0.29, 0.717) is 13.0 Å². The number of likely N-dealkylation sites (N-methyl/N-ethyl adjacent to an activating group) is 1. The maximum absolute atomic E-state index is 11.3. The van der Waals surface area contributed by atoms with E-state index in [1.54, 1.807) is 0 Å². The number of carbonyl (C=O) groups excluding carboxylic acids is 1. The first-order valence-corrected chi connectivity index (χ1v) is 6.13. The first-order valence-electron chi connectivity index (χ1n) is 6.13. The summed E-state index contributed by atoms with van der Waals surface area (Å²) in [6.07, 6.45) is 0.452. The highest BCUT2D eigenvalue weighted by Crippen LogP contribution is 2.04. The number of hydrogen-bond acceptors (Lipinski definition) is 4. The molecule has 0 aliphatic carbocycles. The lowest BCUT2D eigenvalue weighted by Crippen LogP contribution is -2.37. The van der Waals surface area contributed by atoms with Gasteiger partial charge in [0.15, 0.2) is 0 Å². The lowest BCUT2D eigenvalue weighted by molar-refractivity contribution is -0.144. The van der Waals surface area contributed by atoms with Crippen LogP contribution in [0.5, 0.6) is 0 Å². The molecule has 0 rings (SSSR count). The van der Waals surface area contributed by atoms with Crippen molar-refractivity contribution in [2.75, 3.05) is 32.9 Å². The van der Waals surface area contributed by atoms with Gasteiger partial charge in [0.05, 0.1) is 19.6 Å². The van der Waals surface area contributed by atoms with Gasteiger partial charge in [-0.2, -0.15) is 0 Å². The summed E-state index contributed by atoms with van der Waals surface area (Å²) >= 11 is 0. The minimum atomic E-state index is -0.121. The monoisotopic (exact) mass is 231 g/mol. The van der Waals surface area contributed by atoms with Crippen molar-refractivity contribution in [2.24, 2.45) is 0 Å². The van der Waals surface area contributed by atoms with E-state index >= 15 is 0 Å². The summed E-state index contributed by atoms with van der Waals surface area (Å²) in [6, 6.07) is 0.213. The topological polar surface area (TPSA) is 38.8 Å². The highest BCUT2D eigenvalue weighted by Gasteiger charge is 2.16. The van der Waals surface area contributed by atoms with E-state index in [2.05, 4.69) is 11.8 Å². The average Bonchev–Trinajstić information content (AvgIpc) is 2.24. The Morgan fingerprint density at radius 1 is 1.25 bits per heavy atom. The molecule has 0 heterocycles. The van der Waals surface area contributed by atoms with Gasteiger partial charge in [0.2, 0.25) is 0 Å². The molecule has 0 aliphatic rings. The standard InChI is InChI=1S/C12H25NO3/c1-5-13(8-9-15-6-2)11(4)10-12(14)16-7-3/h11H,5-10H2,1-4H3. The number of hydrogen-bond donors (Lipinski definition) is 0. The van der Waals surface area contributed by atoms with Crippen LogP contribution in [0.1, 0.15) is 34.1 Å². The minimum absolute atomic E-state index is 0.121. The first-order chi connectivity index (χ1) is 7.65. The molecule has 0 aromatic rings. The Kier molecular flexibility index (Phi) is 9.24.